The van der Waals surface area contributed by atoms with E-state index >= 15 is 0 Å². The van der Waals surface area contributed by atoms with Gasteiger partial charge < -0.3 is 14.8 Å². The molecule has 2 aromatic carbocycles. The smallest absolute Gasteiger partial charge is 0.347 e. The lowest BCUT2D eigenvalue weighted by atomic mass is 10.1. The lowest BCUT2D eigenvalue weighted by Gasteiger charge is -2.11. The molecule has 0 aliphatic carbocycles. The van der Waals surface area contributed by atoms with Crippen molar-refractivity contribution in [3.63, 3.8) is 0 Å². The molecule has 4 rings (SSSR count). The maximum atomic E-state index is 11.9. The van der Waals surface area contributed by atoms with Crippen molar-refractivity contribution in [1.29, 1.82) is 0 Å². The molecule has 1 unspecified atom stereocenters. The number of hydrogen-bond acceptors (Lipinski definition) is 12. The number of nitrogens with one attached hydrogen (secondary N) is 1. The molecule has 40 heavy (non-hydrogen) atoms. The molecule has 4 aromatic rings. The van der Waals surface area contributed by atoms with Crippen molar-refractivity contribution in [2.75, 3.05) is 18.5 Å². The van der Waals surface area contributed by atoms with Gasteiger partial charge in [0.25, 0.3) is 0 Å². The molecule has 10 nitrogen and oxygen atoms in total. The minimum Gasteiger partial charge on any atom is -0.463 e. The number of thiazole rings is 1. The normalized spacial score (nSPS) is 12.2. The molecule has 1 atom stereocenters. The Morgan fingerprint density at radius 1 is 1.07 bits per heavy atom. The molecule has 1 N–H and O–H groups in total. The van der Waals surface area contributed by atoms with Crippen LogP contribution >= 0.6 is 22.7 Å². The Kier molecular flexibility index (Phi) is 9.81. The monoisotopic (exact) mass is 576 g/mol. The number of hydrogen-bond donors (Lipinski definition) is 1. The average molecular weight is 577 g/mol. The first kappa shape index (κ1) is 28.7. The van der Waals surface area contributed by atoms with E-state index in [0.29, 0.717) is 17.2 Å². The molecule has 2 aromatic heterocycles. The maximum Gasteiger partial charge on any atom is 0.347 e. The Labute approximate surface area is 239 Å². The standard InChI is InChI=1S/C28H28N6O4S2/c1-5-25(35)38-18(4)27(36)37-14-13-19-7-9-20(10-8-19)31-33-24-16-23-26(40-24)30-28(39-23)34-32-22-12-11-21(29-6-2)15-17(22)3/h5,7-12,15-16,18,29H,1,6,13-14H2,2-4H3/b33-31+,34-32+. The van der Waals surface area contributed by atoms with Gasteiger partial charge >= 0.3 is 11.9 Å². The Morgan fingerprint density at radius 3 is 2.58 bits per heavy atom. The van der Waals surface area contributed by atoms with Crippen LogP contribution in [0.25, 0.3) is 9.53 Å². The second-order valence-corrected chi connectivity index (χ2v) is 10.6. The third-order valence-corrected chi connectivity index (χ3v) is 7.44. The van der Waals surface area contributed by atoms with Gasteiger partial charge in [0.1, 0.15) is 9.83 Å². The van der Waals surface area contributed by atoms with Crippen molar-refractivity contribution in [2.24, 2.45) is 20.5 Å². The van der Waals surface area contributed by atoms with Crippen molar-refractivity contribution >= 4 is 71.3 Å². The number of carbonyl (C=O) groups excluding carboxylic acids is 2. The fourth-order valence-corrected chi connectivity index (χ4v) is 5.33. The minimum atomic E-state index is -0.984. The summed E-state index contributed by atoms with van der Waals surface area (Å²) in [4.78, 5) is 28.4. The van der Waals surface area contributed by atoms with E-state index in [4.69, 9.17) is 9.47 Å². The molecule has 0 saturated carbocycles. The number of ether oxygens (including phenoxy) is 2. The first-order valence-electron chi connectivity index (χ1n) is 12.5. The molecule has 0 aliphatic rings. The summed E-state index contributed by atoms with van der Waals surface area (Å²) < 4.78 is 11.0. The molecule has 0 aliphatic heterocycles. The Hall–Kier alpha value is -4.29. The van der Waals surface area contributed by atoms with Crippen LogP contribution < -0.4 is 5.32 Å². The van der Waals surface area contributed by atoms with Crippen LogP contribution in [0, 0.1) is 6.92 Å². The predicted molar refractivity (Wildman–Crippen MR) is 158 cm³/mol. The average Bonchev–Trinajstić information content (AvgIpc) is 3.50. The number of rotatable bonds is 12. The molecular formula is C28H28N6O4S2. The number of thiophene rings is 1. The molecule has 0 bridgehead atoms. The molecule has 2 heterocycles. The van der Waals surface area contributed by atoms with E-state index in [1.54, 1.807) is 0 Å². The fraction of sp³-hybridized carbons (Fsp3) is 0.250. The molecule has 0 spiro atoms. The zero-order chi connectivity index (χ0) is 28.5. The van der Waals surface area contributed by atoms with Gasteiger partial charge in [-0.3, -0.25) is 0 Å². The van der Waals surface area contributed by atoms with Crippen molar-refractivity contribution in [3.05, 3.63) is 72.3 Å². The molecule has 0 saturated heterocycles. The number of nitrogens with zero attached hydrogens (tertiary/aromatic N) is 5. The third kappa shape index (κ3) is 7.87. The van der Waals surface area contributed by atoms with Crippen molar-refractivity contribution in [3.8, 4) is 0 Å². The Morgan fingerprint density at radius 2 is 1.88 bits per heavy atom. The van der Waals surface area contributed by atoms with Crippen molar-refractivity contribution in [1.82, 2.24) is 4.98 Å². The second-order valence-electron chi connectivity index (χ2n) is 8.55. The maximum absolute atomic E-state index is 11.9. The van der Waals surface area contributed by atoms with E-state index in [1.807, 2.05) is 49.4 Å². The van der Waals surface area contributed by atoms with Crippen LogP contribution in [0.1, 0.15) is 25.0 Å². The largest absolute Gasteiger partial charge is 0.463 e. The SMILES string of the molecule is C=CC(=O)OC(C)C(=O)OCCc1ccc(/N=N/c2cc3sc(/N=N/c4ccc(NCC)cc4C)nc3s2)cc1. The number of benzene rings is 2. The molecule has 0 amide bonds. The highest BCUT2D eigenvalue weighted by Crippen LogP contribution is 2.39. The number of carbonyl (C=O) groups is 2. The van der Waals surface area contributed by atoms with E-state index in [9.17, 15) is 9.59 Å². The van der Waals surface area contributed by atoms with E-state index in [-0.39, 0.29) is 6.61 Å². The van der Waals surface area contributed by atoms with Crippen LogP contribution in [0.5, 0.6) is 0 Å². The van der Waals surface area contributed by atoms with Crippen molar-refractivity contribution in [2.45, 2.75) is 33.3 Å². The van der Waals surface area contributed by atoms with Gasteiger partial charge in [-0.05, 0) is 68.3 Å². The van der Waals surface area contributed by atoms with Crippen molar-refractivity contribution < 1.29 is 19.1 Å². The van der Waals surface area contributed by atoms with Gasteiger partial charge in [-0.1, -0.05) is 41.4 Å². The number of esters is 2. The highest BCUT2D eigenvalue weighted by molar-refractivity contribution is 7.30. The number of aryl methyl sites for hydroxylation is 1. The van der Waals surface area contributed by atoms with Gasteiger partial charge in [-0.15, -0.1) is 20.5 Å². The van der Waals surface area contributed by atoms with Crippen LogP contribution in [-0.4, -0.2) is 36.2 Å². The van der Waals surface area contributed by atoms with Gasteiger partial charge in [-0.25, -0.2) is 14.6 Å². The topological polar surface area (TPSA) is 127 Å². The van der Waals surface area contributed by atoms with Crippen LogP contribution in [0.15, 0.2) is 81.6 Å². The summed E-state index contributed by atoms with van der Waals surface area (Å²) in [6.07, 6.45) is 0.528. The summed E-state index contributed by atoms with van der Waals surface area (Å²) in [6.45, 7) is 9.84. The van der Waals surface area contributed by atoms with Gasteiger partial charge in [-0.2, -0.15) is 0 Å². The highest BCUT2D eigenvalue weighted by atomic mass is 32.1. The first-order chi connectivity index (χ1) is 19.3. The fourth-order valence-electron chi connectivity index (χ4n) is 3.48. The van der Waals surface area contributed by atoms with E-state index < -0.39 is 18.0 Å². The summed E-state index contributed by atoms with van der Waals surface area (Å²) in [5.41, 5.74) is 4.57. The summed E-state index contributed by atoms with van der Waals surface area (Å²) in [6, 6.07) is 15.4. The molecule has 12 heteroatoms. The van der Waals surface area contributed by atoms with E-state index in [0.717, 1.165) is 49.7 Å². The van der Waals surface area contributed by atoms with Gasteiger partial charge in [0.05, 0.1) is 22.7 Å². The summed E-state index contributed by atoms with van der Waals surface area (Å²) in [5.74, 6) is -1.27. The number of fused-ring (bicyclic) bond motifs is 1. The molecule has 0 radical (unpaired) electrons. The molecular weight excluding hydrogens is 548 g/mol. The third-order valence-electron chi connectivity index (χ3n) is 5.51. The number of aromatic nitrogens is 1. The van der Waals surface area contributed by atoms with Crippen LogP contribution in [0.2, 0.25) is 0 Å². The summed E-state index contributed by atoms with van der Waals surface area (Å²) in [5, 5.41) is 22.0. The molecule has 0 fully saturated rings. The van der Waals surface area contributed by atoms with Gasteiger partial charge in [0, 0.05) is 24.7 Å². The van der Waals surface area contributed by atoms with Crippen LogP contribution in [0.3, 0.4) is 0 Å². The number of azo groups is 2. The quantitative estimate of drug-likeness (QED) is 0.103. The lowest BCUT2D eigenvalue weighted by Crippen LogP contribution is -2.26. The number of anilines is 1. The zero-order valence-corrected chi connectivity index (χ0v) is 23.9. The summed E-state index contributed by atoms with van der Waals surface area (Å²) in [7, 11) is 0. The van der Waals surface area contributed by atoms with Gasteiger partial charge in [0.15, 0.2) is 6.10 Å². The Balaban J connectivity index is 1.29. The lowest BCUT2D eigenvalue weighted by molar-refractivity contribution is -0.163. The second kappa shape index (κ2) is 13.7. The zero-order valence-electron chi connectivity index (χ0n) is 22.3. The minimum absolute atomic E-state index is 0.165. The summed E-state index contributed by atoms with van der Waals surface area (Å²) >= 11 is 2.89. The van der Waals surface area contributed by atoms with Crippen LogP contribution in [-0.2, 0) is 25.5 Å². The highest BCUT2D eigenvalue weighted by Gasteiger charge is 2.17. The van der Waals surface area contributed by atoms with E-state index in [2.05, 4.69) is 50.3 Å². The Bertz CT molecular complexity index is 1530. The van der Waals surface area contributed by atoms with E-state index in [1.165, 1.54) is 29.6 Å². The molecule has 206 valence electrons. The van der Waals surface area contributed by atoms with Crippen LogP contribution in [0.4, 0.5) is 27.2 Å². The predicted octanol–water partition coefficient (Wildman–Crippen LogP) is 8.13. The first-order valence-corrected chi connectivity index (χ1v) is 14.1. The van der Waals surface area contributed by atoms with Gasteiger partial charge in [0.2, 0.25) is 5.13 Å².